The second-order valence-electron chi connectivity index (χ2n) is 8.01. The van der Waals surface area contributed by atoms with E-state index in [-0.39, 0.29) is 11.8 Å². The summed E-state index contributed by atoms with van der Waals surface area (Å²) in [6, 6.07) is 11.9. The van der Waals surface area contributed by atoms with Gasteiger partial charge >= 0.3 is 0 Å². The van der Waals surface area contributed by atoms with E-state index in [2.05, 4.69) is 30.0 Å². The van der Waals surface area contributed by atoms with E-state index in [0.29, 0.717) is 17.7 Å². The minimum Gasteiger partial charge on any atom is -0.364 e. The zero-order chi connectivity index (χ0) is 22.5. The molecule has 1 aliphatic heterocycles. The van der Waals surface area contributed by atoms with Gasteiger partial charge in [-0.3, -0.25) is 9.78 Å². The van der Waals surface area contributed by atoms with E-state index in [4.69, 9.17) is 0 Å². The molecule has 3 nitrogen and oxygen atoms in total. The number of pyridine rings is 1. The quantitative estimate of drug-likeness (QED) is 0.420. The van der Waals surface area contributed by atoms with Gasteiger partial charge in [0.1, 0.15) is 0 Å². The zero-order valence-corrected chi connectivity index (χ0v) is 18.9. The standard InChI is InChI=1S/C28H30N2O/c1-7-8-9-13-26-22(5)27(28(31)24-15-14-19(2)20(3)16-24)18-30(23(26)6)17-25-12-10-11-21(4)29-25/h7-16,18,23H,1,5,17H2,2-4,6H3/b9-8-,26-13-. The van der Waals surface area contributed by atoms with E-state index in [0.717, 1.165) is 28.1 Å². The summed E-state index contributed by atoms with van der Waals surface area (Å²) in [6.45, 7) is 16.8. The molecule has 1 aromatic heterocycles. The molecular formula is C28H30N2O. The maximum absolute atomic E-state index is 13.5. The second kappa shape index (κ2) is 9.57. The Morgan fingerprint density at radius 3 is 2.58 bits per heavy atom. The van der Waals surface area contributed by atoms with Gasteiger partial charge in [-0.1, -0.05) is 55.7 Å². The molecule has 2 heterocycles. The van der Waals surface area contributed by atoms with Gasteiger partial charge in [-0.2, -0.15) is 0 Å². The smallest absolute Gasteiger partial charge is 0.195 e. The van der Waals surface area contributed by atoms with Crippen molar-refractivity contribution in [2.24, 2.45) is 0 Å². The first-order chi connectivity index (χ1) is 14.8. The van der Waals surface area contributed by atoms with Gasteiger partial charge in [-0.25, -0.2) is 0 Å². The maximum atomic E-state index is 13.5. The monoisotopic (exact) mass is 410 g/mol. The summed E-state index contributed by atoms with van der Waals surface area (Å²) in [5.74, 6) is -0.0131. The first kappa shape index (κ1) is 22.2. The van der Waals surface area contributed by atoms with Gasteiger partial charge in [0.15, 0.2) is 5.78 Å². The van der Waals surface area contributed by atoms with Crippen molar-refractivity contribution in [2.75, 3.05) is 0 Å². The lowest BCUT2D eigenvalue weighted by Crippen LogP contribution is -2.35. The molecule has 0 amide bonds. The van der Waals surface area contributed by atoms with Crippen molar-refractivity contribution >= 4 is 5.78 Å². The summed E-state index contributed by atoms with van der Waals surface area (Å²) in [5, 5.41) is 0. The summed E-state index contributed by atoms with van der Waals surface area (Å²) >= 11 is 0. The molecule has 31 heavy (non-hydrogen) atoms. The van der Waals surface area contributed by atoms with Crippen LogP contribution in [0.3, 0.4) is 0 Å². The third-order valence-corrected chi connectivity index (χ3v) is 5.74. The van der Waals surface area contributed by atoms with Crippen molar-refractivity contribution in [1.82, 2.24) is 9.88 Å². The van der Waals surface area contributed by atoms with Crippen molar-refractivity contribution in [2.45, 2.75) is 40.3 Å². The van der Waals surface area contributed by atoms with Crippen LogP contribution in [-0.2, 0) is 6.54 Å². The van der Waals surface area contributed by atoms with E-state index < -0.39 is 0 Å². The number of nitrogens with zero attached hydrogens (tertiary/aromatic N) is 2. The van der Waals surface area contributed by atoms with Crippen LogP contribution in [0.1, 0.15) is 39.8 Å². The number of benzene rings is 1. The number of carbonyl (C=O) groups excluding carboxylic acids is 1. The van der Waals surface area contributed by atoms with E-state index in [9.17, 15) is 4.79 Å². The lowest BCUT2D eigenvalue weighted by atomic mass is 9.85. The minimum absolute atomic E-state index is 0.0131. The summed E-state index contributed by atoms with van der Waals surface area (Å²) in [4.78, 5) is 20.3. The SMILES string of the molecule is C=C/C=C\C=C1\C(=C)C(C(=O)c2ccc(C)c(C)c2)=CN(Cc2cccc(C)n2)C1C. The molecule has 0 bridgehead atoms. The van der Waals surface area contributed by atoms with Gasteiger partial charge in [0.05, 0.1) is 18.3 Å². The molecule has 0 N–H and O–H groups in total. The Labute approximate surface area is 185 Å². The van der Waals surface area contributed by atoms with Gasteiger partial charge < -0.3 is 4.90 Å². The van der Waals surface area contributed by atoms with Crippen LogP contribution < -0.4 is 0 Å². The van der Waals surface area contributed by atoms with E-state index in [1.54, 1.807) is 6.08 Å². The van der Waals surface area contributed by atoms with Crippen molar-refractivity contribution in [3.8, 4) is 0 Å². The first-order valence-corrected chi connectivity index (χ1v) is 10.5. The first-order valence-electron chi connectivity index (χ1n) is 10.5. The van der Waals surface area contributed by atoms with Gasteiger partial charge in [-0.15, -0.1) is 0 Å². The van der Waals surface area contributed by atoms with Crippen molar-refractivity contribution in [1.29, 1.82) is 0 Å². The Bertz CT molecular complexity index is 1120. The number of allylic oxidation sites excluding steroid dienone is 5. The van der Waals surface area contributed by atoms with Gasteiger partial charge in [-0.05, 0) is 68.2 Å². The highest BCUT2D eigenvalue weighted by Crippen LogP contribution is 2.33. The third-order valence-electron chi connectivity index (χ3n) is 5.74. The van der Waals surface area contributed by atoms with E-state index in [1.165, 1.54) is 5.56 Å². The highest BCUT2D eigenvalue weighted by molar-refractivity contribution is 6.12. The predicted molar refractivity (Wildman–Crippen MR) is 129 cm³/mol. The number of hydrogen-bond acceptors (Lipinski definition) is 3. The molecule has 1 atom stereocenters. The molecule has 1 aromatic carbocycles. The summed E-state index contributed by atoms with van der Waals surface area (Å²) in [6.07, 6.45) is 9.52. The Kier molecular flexibility index (Phi) is 6.86. The van der Waals surface area contributed by atoms with Gasteiger partial charge in [0.25, 0.3) is 0 Å². The van der Waals surface area contributed by atoms with Crippen molar-refractivity contribution in [3.63, 3.8) is 0 Å². The van der Waals surface area contributed by atoms with Crippen LogP contribution in [-0.4, -0.2) is 21.7 Å². The van der Waals surface area contributed by atoms with E-state index >= 15 is 0 Å². The van der Waals surface area contributed by atoms with Crippen LogP contribution in [0.2, 0.25) is 0 Å². The summed E-state index contributed by atoms with van der Waals surface area (Å²) in [5.41, 5.74) is 7.29. The maximum Gasteiger partial charge on any atom is 0.195 e. The van der Waals surface area contributed by atoms with Crippen LogP contribution in [0.4, 0.5) is 0 Å². The molecule has 1 aliphatic rings. The minimum atomic E-state index is -0.0131. The van der Waals surface area contributed by atoms with Crippen LogP contribution >= 0.6 is 0 Å². The molecule has 3 heteroatoms. The van der Waals surface area contributed by atoms with Crippen LogP contribution in [0.15, 0.2) is 96.8 Å². The highest BCUT2D eigenvalue weighted by atomic mass is 16.1. The molecular weight excluding hydrogens is 380 g/mol. The molecule has 2 aromatic rings. The lowest BCUT2D eigenvalue weighted by molar-refractivity contribution is 0.103. The Morgan fingerprint density at radius 1 is 1.13 bits per heavy atom. The molecule has 0 aliphatic carbocycles. The predicted octanol–water partition coefficient (Wildman–Crippen LogP) is 6.20. The Morgan fingerprint density at radius 2 is 1.90 bits per heavy atom. The number of aryl methyl sites for hydroxylation is 3. The molecule has 0 fully saturated rings. The topological polar surface area (TPSA) is 33.2 Å². The molecule has 0 saturated carbocycles. The molecule has 3 rings (SSSR count). The normalized spacial score (nSPS) is 17.9. The Hall–Kier alpha value is -3.46. The molecule has 0 saturated heterocycles. The molecule has 1 unspecified atom stereocenters. The second-order valence-corrected chi connectivity index (χ2v) is 8.01. The fourth-order valence-corrected chi connectivity index (χ4v) is 3.71. The zero-order valence-electron chi connectivity index (χ0n) is 18.9. The fraction of sp³-hybridized carbons (Fsp3) is 0.214. The molecule has 158 valence electrons. The average molecular weight is 411 g/mol. The van der Waals surface area contributed by atoms with Crippen molar-refractivity contribution < 1.29 is 4.79 Å². The third kappa shape index (κ3) is 5.00. The van der Waals surface area contributed by atoms with Crippen molar-refractivity contribution in [3.05, 3.63) is 125 Å². The fourth-order valence-electron chi connectivity index (χ4n) is 3.71. The van der Waals surface area contributed by atoms with E-state index in [1.807, 2.05) is 81.6 Å². The number of aromatic nitrogens is 1. The van der Waals surface area contributed by atoms with Crippen LogP contribution in [0.25, 0.3) is 0 Å². The number of rotatable bonds is 6. The van der Waals surface area contributed by atoms with Gasteiger partial charge in [0, 0.05) is 23.0 Å². The molecule has 0 radical (unpaired) electrons. The Balaban J connectivity index is 2.05. The highest BCUT2D eigenvalue weighted by Gasteiger charge is 2.29. The summed E-state index contributed by atoms with van der Waals surface area (Å²) < 4.78 is 0. The van der Waals surface area contributed by atoms with Gasteiger partial charge in [0.2, 0.25) is 0 Å². The van der Waals surface area contributed by atoms with Crippen LogP contribution in [0, 0.1) is 20.8 Å². The number of carbonyl (C=O) groups is 1. The summed E-state index contributed by atoms with van der Waals surface area (Å²) in [7, 11) is 0. The largest absolute Gasteiger partial charge is 0.364 e. The number of hydrogen-bond donors (Lipinski definition) is 0. The molecule has 0 spiro atoms. The number of Topliss-reactive ketones (excluding diaryl/α,β-unsaturated/α-hetero) is 1. The lowest BCUT2D eigenvalue weighted by Gasteiger charge is -2.36. The average Bonchev–Trinajstić information content (AvgIpc) is 2.74. The van der Waals surface area contributed by atoms with Crippen LogP contribution in [0.5, 0.6) is 0 Å². The number of ketones is 1.